The van der Waals surface area contributed by atoms with E-state index in [0.717, 1.165) is 94.1 Å². The molecule has 1 unspecified atom stereocenters. The molecule has 2 fully saturated rings. The lowest BCUT2D eigenvalue weighted by Crippen LogP contribution is -2.40. The summed E-state index contributed by atoms with van der Waals surface area (Å²) in [6, 6.07) is 12.7. The highest BCUT2D eigenvalue weighted by Gasteiger charge is 2.34. The van der Waals surface area contributed by atoms with Gasteiger partial charge in [0, 0.05) is 60.1 Å². The van der Waals surface area contributed by atoms with Crippen LogP contribution < -0.4 is 4.74 Å². The van der Waals surface area contributed by atoms with Gasteiger partial charge in [-0.25, -0.2) is 0 Å². The van der Waals surface area contributed by atoms with E-state index in [4.69, 9.17) is 9.84 Å². The van der Waals surface area contributed by atoms with Crippen LogP contribution in [0.15, 0.2) is 47.4 Å². The number of methoxy groups -OCH3 is 1. The number of nitrogens with zero attached hydrogens (tertiary/aromatic N) is 5. The molecule has 0 spiro atoms. The third kappa shape index (κ3) is 8.36. The molecule has 0 saturated carbocycles. The lowest BCUT2D eigenvalue weighted by atomic mass is 9.88. The molecule has 4 heterocycles. The summed E-state index contributed by atoms with van der Waals surface area (Å²) in [5, 5.41) is 16.2. The number of benzene rings is 2. The van der Waals surface area contributed by atoms with Crippen LogP contribution in [0.25, 0.3) is 11.3 Å². The van der Waals surface area contributed by atoms with E-state index in [2.05, 4.69) is 33.9 Å². The summed E-state index contributed by atoms with van der Waals surface area (Å²) in [6.45, 7) is 7.10. The second-order valence-corrected chi connectivity index (χ2v) is 14.5. The minimum atomic E-state index is -4.42. The molecule has 0 aliphatic carbocycles. The van der Waals surface area contributed by atoms with Crippen LogP contribution in [0.2, 0.25) is 0 Å². The zero-order chi connectivity index (χ0) is 33.0. The minimum Gasteiger partial charge on any atom is -0.496 e. The number of halogens is 3. The molecule has 0 radical (unpaired) electrons. The van der Waals surface area contributed by atoms with Gasteiger partial charge in [0.25, 0.3) is 0 Å². The third-order valence-electron chi connectivity index (χ3n) is 10.0. The van der Waals surface area contributed by atoms with Crippen LogP contribution in [0.4, 0.5) is 13.2 Å². The van der Waals surface area contributed by atoms with Gasteiger partial charge in [-0.05, 0) is 88.6 Å². The van der Waals surface area contributed by atoms with E-state index in [0.29, 0.717) is 36.9 Å². The van der Waals surface area contributed by atoms with E-state index >= 15 is 0 Å². The maximum atomic E-state index is 14.1. The van der Waals surface area contributed by atoms with Gasteiger partial charge in [0.1, 0.15) is 5.75 Å². The number of para-hydroxylation sites is 1. The van der Waals surface area contributed by atoms with Crippen molar-refractivity contribution in [3.63, 3.8) is 0 Å². The third-order valence-corrected chi connectivity index (χ3v) is 11.1. The minimum absolute atomic E-state index is 0.260. The first-order valence-corrected chi connectivity index (χ1v) is 18.1. The number of alkyl halides is 3. The topological polar surface area (TPSA) is 57.0 Å². The molecule has 0 bridgehead atoms. The molecule has 0 amide bonds. The number of β-amino-alcohol motifs (C(OH)–C–C–N with tert-alkyl or cyclic N) is 1. The Morgan fingerprint density at radius 1 is 0.979 bits per heavy atom. The molecule has 3 aliphatic rings. The number of hydrogen-bond donors (Lipinski definition) is 1. The van der Waals surface area contributed by atoms with Gasteiger partial charge in [-0.15, -0.1) is 11.8 Å². The largest absolute Gasteiger partial charge is 0.496 e. The Hall–Kier alpha value is -2.57. The number of aliphatic hydroxyl groups is 1. The number of hydrogen-bond acceptors (Lipinski definition) is 7. The van der Waals surface area contributed by atoms with Crippen molar-refractivity contribution in [1.29, 1.82) is 0 Å². The normalized spacial score (nSPS) is 19.5. The number of rotatable bonds is 11. The highest BCUT2D eigenvalue weighted by Crippen LogP contribution is 2.40. The van der Waals surface area contributed by atoms with Gasteiger partial charge in [-0.1, -0.05) is 30.7 Å². The Bertz CT molecular complexity index is 1480. The molecule has 47 heavy (non-hydrogen) atoms. The summed E-state index contributed by atoms with van der Waals surface area (Å²) < 4.78 is 49.8. The number of piperidine rings is 2. The van der Waals surface area contributed by atoms with E-state index in [-0.39, 0.29) is 4.90 Å². The predicted octanol–water partition coefficient (Wildman–Crippen LogP) is 6.38. The van der Waals surface area contributed by atoms with E-state index in [9.17, 15) is 18.3 Å². The Morgan fingerprint density at radius 3 is 2.49 bits per heavy atom. The number of aromatic nitrogens is 2. The van der Waals surface area contributed by atoms with Gasteiger partial charge in [0.05, 0.1) is 31.0 Å². The zero-order valence-corrected chi connectivity index (χ0v) is 28.5. The molecule has 11 heteroatoms. The molecule has 3 aliphatic heterocycles. The van der Waals surface area contributed by atoms with Crippen LogP contribution in [-0.2, 0) is 25.7 Å². The van der Waals surface area contributed by atoms with Crippen LogP contribution >= 0.6 is 11.8 Å². The Labute approximate surface area is 281 Å². The number of thioether (sulfide) groups is 1. The first kappa shape index (κ1) is 34.3. The van der Waals surface area contributed by atoms with E-state index in [1.54, 1.807) is 19.2 Å². The molecule has 256 valence electrons. The van der Waals surface area contributed by atoms with E-state index in [1.807, 2.05) is 16.8 Å². The monoisotopic (exact) mass is 671 g/mol. The Morgan fingerprint density at radius 2 is 1.74 bits per heavy atom. The molecule has 1 atom stereocenters. The molecular formula is C36H48F3N5O2S. The number of aliphatic hydroxyl groups excluding tert-OH is 1. The van der Waals surface area contributed by atoms with Crippen LogP contribution in [0.5, 0.6) is 5.75 Å². The van der Waals surface area contributed by atoms with Gasteiger partial charge in [-0.3, -0.25) is 4.68 Å². The number of ether oxygens (including phenoxy) is 1. The van der Waals surface area contributed by atoms with Crippen molar-refractivity contribution in [2.24, 2.45) is 0 Å². The van der Waals surface area contributed by atoms with Gasteiger partial charge in [-0.2, -0.15) is 18.3 Å². The quantitative estimate of drug-likeness (QED) is 0.238. The van der Waals surface area contributed by atoms with Crippen molar-refractivity contribution in [2.45, 2.75) is 74.7 Å². The van der Waals surface area contributed by atoms with Gasteiger partial charge < -0.3 is 24.5 Å². The molecule has 2 saturated heterocycles. The SMILES string of the molecule is COc1ccccc1C1CCN(CC(O)Cn2nc(-c3ccc(C(F)(F)F)c(SCCN4CCCCC4)c3)c3c2CCN(C)C3)CC1. The molecular weight excluding hydrogens is 623 g/mol. The molecule has 6 rings (SSSR count). The summed E-state index contributed by atoms with van der Waals surface area (Å²) >= 11 is 1.29. The van der Waals surface area contributed by atoms with Crippen LogP contribution in [0, 0.1) is 0 Å². The van der Waals surface area contributed by atoms with Crippen molar-refractivity contribution in [3.05, 3.63) is 64.8 Å². The average Bonchev–Trinajstić information content (AvgIpc) is 3.41. The maximum absolute atomic E-state index is 14.1. The molecule has 1 aromatic heterocycles. The van der Waals surface area contributed by atoms with Crippen LogP contribution in [0.1, 0.15) is 60.4 Å². The number of fused-ring (bicyclic) bond motifs is 1. The van der Waals surface area contributed by atoms with Crippen LogP contribution in [-0.4, -0.2) is 101 Å². The van der Waals surface area contributed by atoms with E-state index in [1.165, 1.54) is 29.8 Å². The van der Waals surface area contributed by atoms with E-state index < -0.39 is 17.8 Å². The lowest BCUT2D eigenvalue weighted by Gasteiger charge is -2.34. The van der Waals surface area contributed by atoms with Crippen molar-refractivity contribution < 1.29 is 23.0 Å². The fourth-order valence-electron chi connectivity index (χ4n) is 7.49. The van der Waals surface area contributed by atoms with Gasteiger partial charge in [0.15, 0.2) is 0 Å². The lowest BCUT2D eigenvalue weighted by molar-refractivity contribution is -0.139. The van der Waals surface area contributed by atoms with Crippen molar-refractivity contribution in [3.8, 4) is 17.0 Å². The van der Waals surface area contributed by atoms with Crippen molar-refractivity contribution >= 4 is 11.8 Å². The zero-order valence-electron chi connectivity index (χ0n) is 27.6. The summed E-state index contributed by atoms with van der Waals surface area (Å²) in [5.74, 6) is 1.99. The summed E-state index contributed by atoms with van der Waals surface area (Å²) in [5.41, 5.74) is 4.22. The fourth-order valence-corrected chi connectivity index (χ4v) is 8.60. The first-order chi connectivity index (χ1) is 22.7. The number of likely N-dealkylation sites (N-methyl/N-ethyl adjacent to an activating group) is 1. The molecule has 3 aromatic rings. The second kappa shape index (κ2) is 15.3. The molecule has 7 nitrogen and oxygen atoms in total. The average molecular weight is 672 g/mol. The Balaban J connectivity index is 1.16. The standard InChI is InChI=1S/C36H48F3N5O2S/c1-41-17-14-32-30(25-41)35(27-10-11-31(36(37,38)39)34(22-27)47-21-20-42-15-6-3-7-16-42)40-44(32)24-28(45)23-43-18-12-26(13-19-43)29-8-4-5-9-33(29)46-2/h4-5,8-11,22,26,28,45H,3,6-7,12-21,23-25H2,1-2H3. The smallest absolute Gasteiger partial charge is 0.417 e. The maximum Gasteiger partial charge on any atom is 0.417 e. The first-order valence-electron chi connectivity index (χ1n) is 17.1. The number of likely N-dealkylation sites (tertiary alicyclic amines) is 2. The molecule has 1 N–H and O–H groups in total. The summed E-state index contributed by atoms with van der Waals surface area (Å²) in [7, 11) is 3.77. The summed E-state index contributed by atoms with van der Waals surface area (Å²) in [4.78, 5) is 7.16. The van der Waals surface area contributed by atoms with Gasteiger partial charge >= 0.3 is 6.18 Å². The Kier molecular flexibility index (Phi) is 11.2. The summed E-state index contributed by atoms with van der Waals surface area (Å²) in [6.07, 6.45) is 1.32. The van der Waals surface area contributed by atoms with Gasteiger partial charge in [0.2, 0.25) is 0 Å². The van der Waals surface area contributed by atoms with Crippen molar-refractivity contribution in [2.75, 3.05) is 65.7 Å². The van der Waals surface area contributed by atoms with Crippen molar-refractivity contribution in [1.82, 2.24) is 24.5 Å². The predicted molar refractivity (Wildman–Crippen MR) is 181 cm³/mol. The highest BCUT2D eigenvalue weighted by atomic mass is 32.2. The second-order valence-electron chi connectivity index (χ2n) is 13.4. The van der Waals surface area contributed by atoms with Crippen LogP contribution in [0.3, 0.4) is 0 Å². The molecule has 2 aromatic carbocycles. The highest BCUT2D eigenvalue weighted by molar-refractivity contribution is 7.99. The fraction of sp³-hybridized carbons (Fsp3) is 0.583.